The number of nitro benzene ring substituents is 1. The van der Waals surface area contributed by atoms with Gasteiger partial charge < -0.3 is 14.6 Å². The zero-order valence-electron chi connectivity index (χ0n) is 20.2. The summed E-state index contributed by atoms with van der Waals surface area (Å²) in [5.41, 5.74) is 1.14. The van der Waals surface area contributed by atoms with Gasteiger partial charge in [0.2, 0.25) is 5.91 Å². The number of aromatic nitrogens is 3. The Bertz CT molecular complexity index is 1210. The van der Waals surface area contributed by atoms with Crippen molar-refractivity contribution in [2.24, 2.45) is 0 Å². The molecule has 3 aromatic rings. The molecule has 0 aliphatic heterocycles. The van der Waals surface area contributed by atoms with Crippen LogP contribution in [-0.2, 0) is 4.79 Å². The van der Waals surface area contributed by atoms with Gasteiger partial charge in [0.1, 0.15) is 5.75 Å². The van der Waals surface area contributed by atoms with Crippen LogP contribution < -0.4 is 10.1 Å². The molecule has 0 saturated carbocycles. The Kier molecular flexibility index (Phi) is 8.74. The number of nitrogens with zero attached hydrogens (tertiary/aromatic N) is 4. The van der Waals surface area contributed by atoms with E-state index in [4.69, 9.17) is 16.3 Å². The quantitative estimate of drug-likeness (QED) is 0.188. The first-order valence-corrected chi connectivity index (χ1v) is 12.5. The number of nitro groups is 1. The SMILES string of the molecule is CC(C)c1ccccc1OC(C)c1nnc(SCC(=O)Nc2cc([N+](=O)[O-])ccc2Cl)n1C(C)C. The zero-order valence-corrected chi connectivity index (χ0v) is 21.8. The molecule has 35 heavy (non-hydrogen) atoms. The van der Waals surface area contributed by atoms with Gasteiger partial charge in [-0.25, -0.2) is 0 Å². The van der Waals surface area contributed by atoms with Gasteiger partial charge in [-0.1, -0.05) is 55.4 Å². The fourth-order valence-electron chi connectivity index (χ4n) is 3.50. The van der Waals surface area contributed by atoms with Gasteiger partial charge in [-0.2, -0.15) is 0 Å². The van der Waals surface area contributed by atoms with Gasteiger partial charge >= 0.3 is 0 Å². The van der Waals surface area contributed by atoms with E-state index in [1.54, 1.807) is 0 Å². The molecular formula is C24H28ClN5O4S. The number of ether oxygens (including phenoxy) is 1. The molecule has 0 aliphatic rings. The Hall–Kier alpha value is -3.11. The smallest absolute Gasteiger partial charge is 0.271 e. The van der Waals surface area contributed by atoms with E-state index in [1.807, 2.05) is 49.6 Å². The third-order valence-electron chi connectivity index (χ3n) is 5.18. The van der Waals surface area contributed by atoms with Crippen molar-refractivity contribution in [2.75, 3.05) is 11.1 Å². The van der Waals surface area contributed by atoms with Crippen LogP contribution >= 0.6 is 23.4 Å². The van der Waals surface area contributed by atoms with Crippen LogP contribution in [0, 0.1) is 10.1 Å². The number of halogens is 1. The number of anilines is 1. The summed E-state index contributed by atoms with van der Waals surface area (Å²) in [6.45, 7) is 10.2. The van der Waals surface area contributed by atoms with Gasteiger partial charge in [-0.05, 0) is 44.4 Å². The van der Waals surface area contributed by atoms with Crippen LogP contribution in [0.2, 0.25) is 5.02 Å². The Balaban J connectivity index is 1.73. The molecule has 9 nitrogen and oxygen atoms in total. The van der Waals surface area contributed by atoms with Crippen molar-refractivity contribution in [3.05, 3.63) is 69.0 Å². The molecule has 3 rings (SSSR count). The number of benzene rings is 2. The fraction of sp³-hybridized carbons (Fsp3) is 0.375. The highest BCUT2D eigenvalue weighted by Gasteiger charge is 2.23. The molecular weight excluding hydrogens is 490 g/mol. The lowest BCUT2D eigenvalue weighted by atomic mass is 10.0. The predicted molar refractivity (Wildman–Crippen MR) is 137 cm³/mol. The molecule has 1 amide bonds. The minimum Gasteiger partial charge on any atom is -0.482 e. The normalized spacial score (nSPS) is 12.1. The number of amides is 1. The molecule has 0 aliphatic carbocycles. The van der Waals surface area contributed by atoms with E-state index in [0.717, 1.165) is 11.3 Å². The molecule has 0 fully saturated rings. The number of thioether (sulfide) groups is 1. The topological polar surface area (TPSA) is 112 Å². The molecule has 1 atom stereocenters. The molecule has 1 heterocycles. The number of hydrogen-bond acceptors (Lipinski definition) is 7. The summed E-state index contributed by atoms with van der Waals surface area (Å²) < 4.78 is 8.21. The molecule has 0 bridgehead atoms. The maximum absolute atomic E-state index is 12.5. The van der Waals surface area contributed by atoms with Gasteiger partial charge in [0.25, 0.3) is 5.69 Å². The Morgan fingerprint density at radius 2 is 1.89 bits per heavy atom. The Morgan fingerprint density at radius 3 is 2.54 bits per heavy atom. The largest absolute Gasteiger partial charge is 0.482 e. The molecule has 2 aromatic carbocycles. The number of non-ortho nitro benzene ring substituents is 1. The maximum atomic E-state index is 12.5. The van der Waals surface area contributed by atoms with Gasteiger partial charge in [-0.15, -0.1) is 10.2 Å². The van der Waals surface area contributed by atoms with Crippen molar-refractivity contribution in [3.8, 4) is 5.75 Å². The molecule has 186 valence electrons. The van der Waals surface area contributed by atoms with E-state index >= 15 is 0 Å². The second kappa shape index (κ2) is 11.5. The van der Waals surface area contributed by atoms with Gasteiger partial charge in [0.15, 0.2) is 17.1 Å². The van der Waals surface area contributed by atoms with Gasteiger partial charge in [0.05, 0.1) is 21.4 Å². The highest BCUT2D eigenvalue weighted by Crippen LogP contribution is 2.32. The standard InChI is InChI=1S/C24H28ClN5O4S/c1-14(2)18-8-6-7-9-21(18)34-16(5)23-27-28-24(29(23)15(3)4)35-13-22(31)26-20-12-17(30(32)33)10-11-19(20)25/h6-12,14-16H,13H2,1-5H3,(H,26,31). The highest BCUT2D eigenvalue weighted by molar-refractivity contribution is 7.99. The van der Waals surface area contributed by atoms with Crippen LogP contribution in [0.15, 0.2) is 47.6 Å². The van der Waals surface area contributed by atoms with E-state index in [0.29, 0.717) is 16.9 Å². The van der Waals surface area contributed by atoms with Gasteiger partial charge in [0, 0.05) is 18.2 Å². The summed E-state index contributed by atoms with van der Waals surface area (Å²) in [4.78, 5) is 23.0. The minimum absolute atomic E-state index is 0.0231. The van der Waals surface area contributed by atoms with Crippen LogP contribution in [-0.4, -0.2) is 31.3 Å². The Morgan fingerprint density at radius 1 is 1.17 bits per heavy atom. The second-order valence-corrected chi connectivity index (χ2v) is 9.86. The van der Waals surface area contributed by atoms with E-state index in [2.05, 4.69) is 29.4 Å². The molecule has 0 saturated heterocycles. The number of para-hydroxylation sites is 1. The van der Waals surface area contributed by atoms with Crippen LogP contribution in [0.25, 0.3) is 0 Å². The summed E-state index contributed by atoms with van der Waals surface area (Å²) in [6, 6.07) is 11.8. The minimum atomic E-state index is -0.545. The van der Waals surface area contributed by atoms with E-state index in [9.17, 15) is 14.9 Å². The van der Waals surface area contributed by atoms with Crippen LogP contribution in [0.1, 0.15) is 64.1 Å². The lowest BCUT2D eigenvalue weighted by Gasteiger charge is -2.21. The van der Waals surface area contributed by atoms with Gasteiger partial charge in [-0.3, -0.25) is 14.9 Å². The average Bonchev–Trinajstić information content (AvgIpc) is 3.24. The molecule has 1 N–H and O–H groups in total. The van der Waals surface area contributed by atoms with Crippen LogP contribution in [0.3, 0.4) is 0 Å². The number of carbonyl (C=O) groups is 1. The molecule has 0 radical (unpaired) electrons. The van der Waals surface area contributed by atoms with Crippen molar-refractivity contribution in [1.29, 1.82) is 0 Å². The average molecular weight is 518 g/mol. The Labute approximate surface area is 213 Å². The highest BCUT2D eigenvalue weighted by atomic mass is 35.5. The number of hydrogen-bond donors (Lipinski definition) is 1. The lowest BCUT2D eigenvalue weighted by Crippen LogP contribution is -2.17. The van der Waals surface area contributed by atoms with Crippen LogP contribution in [0.5, 0.6) is 5.75 Å². The summed E-state index contributed by atoms with van der Waals surface area (Å²) in [7, 11) is 0. The van der Waals surface area contributed by atoms with E-state index < -0.39 is 4.92 Å². The second-order valence-electron chi connectivity index (χ2n) is 8.52. The maximum Gasteiger partial charge on any atom is 0.271 e. The third kappa shape index (κ3) is 6.52. The third-order valence-corrected chi connectivity index (χ3v) is 6.46. The first kappa shape index (κ1) is 26.5. The number of carbonyl (C=O) groups excluding carboxylic acids is 1. The van der Waals surface area contributed by atoms with Crippen molar-refractivity contribution in [3.63, 3.8) is 0 Å². The predicted octanol–water partition coefficient (Wildman–Crippen LogP) is 6.41. The van der Waals surface area contributed by atoms with Crippen LogP contribution in [0.4, 0.5) is 11.4 Å². The molecule has 1 unspecified atom stereocenters. The molecule has 0 spiro atoms. The summed E-state index contributed by atoms with van der Waals surface area (Å²) in [6.07, 6.45) is -0.364. The van der Waals surface area contributed by atoms with Crippen molar-refractivity contribution < 1.29 is 14.5 Å². The lowest BCUT2D eigenvalue weighted by molar-refractivity contribution is -0.384. The van der Waals surface area contributed by atoms with E-state index in [-0.39, 0.29) is 40.2 Å². The molecule has 11 heteroatoms. The first-order valence-electron chi connectivity index (χ1n) is 11.2. The van der Waals surface area contributed by atoms with Crippen molar-refractivity contribution >= 4 is 40.6 Å². The summed E-state index contributed by atoms with van der Waals surface area (Å²) in [5.74, 6) is 1.42. The molecule has 1 aromatic heterocycles. The fourth-order valence-corrected chi connectivity index (χ4v) is 4.54. The van der Waals surface area contributed by atoms with E-state index in [1.165, 1.54) is 30.0 Å². The van der Waals surface area contributed by atoms with Crippen molar-refractivity contribution in [1.82, 2.24) is 14.8 Å². The summed E-state index contributed by atoms with van der Waals surface area (Å²) in [5, 5.41) is 23.1. The monoisotopic (exact) mass is 517 g/mol. The zero-order chi connectivity index (χ0) is 25.7. The first-order chi connectivity index (χ1) is 16.6. The number of nitrogens with one attached hydrogen (secondary N) is 1. The number of rotatable bonds is 10. The summed E-state index contributed by atoms with van der Waals surface area (Å²) >= 11 is 7.30. The van der Waals surface area contributed by atoms with Crippen molar-refractivity contribution in [2.45, 2.75) is 57.8 Å².